The van der Waals surface area contributed by atoms with E-state index in [2.05, 4.69) is 11.3 Å². The second-order valence-corrected chi connectivity index (χ2v) is 23.5. The smallest absolute Gasteiger partial charge is 0.269 e. The predicted octanol–water partition coefficient (Wildman–Crippen LogP) is 17.0. The molecule has 6 heteroatoms. The van der Waals surface area contributed by atoms with Gasteiger partial charge in [0.1, 0.15) is 17.3 Å². The Morgan fingerprint density at radius 1 is 0.517 bits per heavy atom. The Morgan fingerprint density at radius 3 is 1.84 bits per heavy atom. The van der Waals surface area contributed by atoms with Crippen molar-refractivity contribution < 1.29 is 71.0 Å². The number of aromatic nitrogens is 4. The largest absolute Gasteiger partial charge is 0.458 e. The van der Waals surface area contributed by atoms with Gasteiger partial charge >= 0.3 is 0 Å². The molecule has 0 radical (unpaired) electrons. The number of hydrogen-bond acceptors (Lipinski definition) is 2. The third-order valence-corrected chi connectivity index (χ3v) is 18.9. The number of ether oxygens (including phenoxy) is 1. The minimum absolute atomic E-state index is 0.00584. The van der Waals surface area contributed by atoms with E-state index in [0.717, 1.165) is 29.0 Å². The second-order valence-electron chi connectivity index (χ2n) is 20.0. The van der Waals surface area contributed by atoms with E-state index >= 15 is 0 Å². The van der Waals surface area contributed by atoms with Crippen LogP contribution in [0.3, 0.4) is 0 Å². The van der Waals surface area contributed by atoms with Crippen LogP contribution in [0.2, 0.25) is 0 Å². The van der Waals surface area contributed by atoms with E-state index in [-0.39, 0.29) is 39.6 Å². The molecule has 0 atom stereocenters. The number of hydrogen-bond donors (Lipinski definition) is 0. The number of pyridine rings is 1. The van der Waals surface area contributed by atoms with Crippen LogP contribution in [-0.2, 0) is 10.8 Å². The highest BCUT2D eigenvalue weighted by Crippen LogP contribution is 2.48. The molecule has 11 aromatic carbocycles. The summed E-state index contributed by atoms with van der Waals surface area (Å²) >= 11 is 0. The van der Waals surface area contributed by atoms with Crippen molar-refractivity contribution in [2.75, 3.05) is 0 Å². The summed E-state index contributed by atoms with van der Waals surface area (Å²) in [6.07, 6.45) is -5.22. The van der Waals surface area contributed by atoms with Crippen molar-refractivity contribution in [2.45, 2.75) is 57.8 Å². The molecular weight excluding hydrogens is 1070 g/mol. The topological polar surface area (TPSA) is 35.9 Å². The highest BCUT2D eigenvalue weighted by Gasteiger charge is 2.42. The van der Waals surface area contributed by atoms with Gasteiger partial charge in [0.15, 0.2) is 8.07 Å². The number of nitrogens with zero attached hydrogens (tertiary/aromatic N) is 4. The zero-order chi connectivity index (χ0) is 97.6. The highest BCUT2D eigenvalue weighted by molar-refractivity contribution is 7.19. The predicted molar refractivity (Wildman–Crippen MR) is 362 cm³/mol. The van der Waals surface area contributed by atoms with Crippen LogP contribution in [0.4, 0.5) is 0 Å². The molecule has 0 N–H and O–H groups in total. The van der Waals surface area contributed by atoms with Crippen molar-refractivity contribution in [1.82, 2.24) is 14.1 Å². The average Bonchev–Trinajstić information content (AvgIpc) is 0.701. The lowest BCUT2D eigenvalue weighted by Crippen LogP contribution is -2.74. The zero-order valence-electron chi connectivity index (χ0n) is 89.8. The van der Waals surface area contributed by atoms with Gasteiger partial charge in [0.25, 0.3) is 6.33 Å². The Labute approximate surface area is 574 Å². The number of rotatable bonds is 12. The van der Waals surface area contributed by atoms with E-state index in [1.807, 2.05) is 0 Å². The molecule has 0 aliphatic heterocycles. The van der Waals surface area contributed by atoms with Gasteiger partial charge in [-0.3, -0.25) is 13.7 Å². The fraction of sp³-hybridized carbons (Fsp3) is 0.111. The number of para-hydroxylation sites is 4. The van der Waals surface area contributed by atoms with E-state index < -0.39 is 294 Å². The lowest BCUT2D eigenvalue weighted by Gasteiger charge is -2.42. The molecular formula is C81H66N4OSi. The SMILES string of the molecule is [2H]c1c(-c2cccc(-c3c([2H])c([2H])c([2H])c([Si](c4c([2H])c([2H])c([2H])c([2H])c4[2H])(c4c([2H])c([2H])c([2H])c([2H])c4[2H])c4c([2H])c([2H])c([2H])c([2H])c4[2H])c3[2H])c2-[n+]2[c-]n(-c3cccc(Oc4ccc5c6ccccc6n(-c6cc(C([2H])([2H])[2H])c(-c7c([2H])c([2H])c([2H])c([2H])c7[2H])cn6)c5c4)c3)c3ccccc32)cc2c(c1[2H])C(C([2H])([2H])[2H])(C([2H])([2H])[2H])C([2H])([2H])C([2H])([2H])C2(C([2H])([2H])[2H])C([2H])([2H])[2H]. The van der Waals surface area contributed by atoms with Gasteiger partial charge < -0.3 is 4.74 Å². The van der Waals surface area contributed by atoms with Gasteiger partial charge in [-0.2, -0.15) is 0 Å². The highest BCUT2D eigenvalue weighted by atomic mass is 28.3. The van der Waals surface area contributed by atoms with Crippen LogP contribution in [0.1, 0.15) is 119 Å². The third-order valence-electron chi connectivity index (χ3n) is 14.9. The van der Waals surface area contributed by atoms with Crippen molar-refractivity contribution >= 4 is 61.7 Å². The molecule has 0 spiro atoms. The molecule has 14 aromatic rings. The number of fused-ring (bicyclic) bond motifs is 5. The molecule has 87 heavy (non-hydrogen) atoms. The van der Waals surface area contributed by atoms with E-state index in [1.54, 1.807) is 47.0 Å². The summed E-state index contributed by atoms with van der Waals surface area (Å²) in [5.41, 5.74) is -17.0. The van der Waals surface area contributed by atoms with Crippen LogP contribution in [0.25, 0.3) is 83.4 Å². The van der Waals surface area contributed by atoms with E-state index in [4.69, 9.17) is 28.0 Å². The summed E-state index contributed by atoms with van der Waals surface area (Å²) in [6, 6.07) is -3.57. The maximum atomic E-state index is 11.0. The maximum Gasteiger partial charge on any atom is 0.269 e. The fourth-order valence-corrected chi connectivity index (χ4v) is 14.6. The molecule has 3 aromatic heterocycles. The molecule has 15 rings (SSSR count). The lowest BCUT2D eigenvalue weighted by molar-refractivity contribution is -0.571. The molecule has 5 nitrogen and oxygen atoms in total. The summed E-state index contributed by atoms with van der Waals surface area (Å²) in [5, 5.41) is -3.88. The first kappa shape index (κ1) is 24.0. The monoisotopic (exact) mass is 1180 g/mol. The molecule has 0 unspecified atom stereocenters. The first-order valence-electron chi connectivity index (χ1n) is 49.1. The van der Waals surface area contributed by atoms with Gasteiger partial charge in [0.2, 0.25) is 0 Å². The molecule has 1 aliphatic rings. The lowest BCUT2D eigenvalue weighted by atomic mass is 9.63. The van der Waals surface area contributed by atoms with Crippen LogP contribution in [-0.4, -0.2) is 22.2 Å². The molecule has 0 fully saturated rings. The Hall–Kier alpha value is -10.1. The quantitative estimate of drug-likeness (QED) is 0.0529. The molecule has 420 valence electrons. The van der Waals surface area contributed by atoms with Gasteiger partial charge in [-0.15, -0.1) is 0 Å². The number of imidazole rings is 1. The van der Waals surface area contributed by atoms with Crippen molar-refractivity contribution in [3.63, 3.8) is 0 Å². The molecule has 0 saturated carbocycles. The molecule has 3 heterocycles. The fourth-order valence-electron chi connectivity index (χ4n) is 11.1. The number of benzene rings is 11. The standard InChI is InChI=1S/C81H66N4OSi/c1-56-49-78(82-54-71(56)57-25-10-6-11-26-57)85-74-40-19-18-37-69(74)70-45-44-62(53-77(70)85)86-61-29-23-28-60(52-61)83-55-84(76-42-21-20-41-75(76)83)79-67(38-24-39-68(79)59-43-46-72-73(51-59)81(4,5)48-47-80(72,2)3)58-27-22-36-66(50-58)87(63-30-12-7-13-31-63,64-32-14-8-15-33-64)65-34-16-9-17-35-65/h6-46,49-54H,47-48H2,1-5H3/i1D3,2D3,3D3,4D3,5D3,6D,7D,8D,9D,10D,11D,12D,13D,14D,15D,16D,17D,22D,25D,26D,27D,30D,31D,32D,33D,34D,35D,36D,43D,46D,47D2,48D2,50D. The van der Waals surface area contributed by atoms with E-state index in [1.165, 1.54) is 59.2 Å². The Kier molecular flexibility index (Phi) is 5.90. The van der Waals surface area contributed by atoms with Gasteiger partial charge in [-0.1, -0.05) is 257 Å². The van der Waals surface area contributed by atoms with Crippen molar-refractivity contribution in [3.8, 4) is 62.1 Å². The van der Waals surface area contributed by atoms with E-state index in [0.29, 0.717) is 27.9 Å². The van der Waals surface area contributed by atoms with Crippen molar-refractivity contribution in [1.29, 1.82) is 0 Å². The van der Waals surface area contributed by atoms with Gasteiger partial charge in [0.05, 0.1) is 69.1 Å². The van der Waals surface area contributed by atoms with Gasteiger partial charge in [0, 0.05) is 54.6 Å². The molecule has 0 bridgehead atoms. The van der Waals surface area contributed by atoms with Crippen LogP contribution >= 0.6 is 0 Å². The van der Waals surface area contributed by atoms with Gasteiger partial charge in [-0.25, -0.2) is 4.98 Å². The second kappa shape index (κ2) is 21.4. The van der Waals surface area contributed by atoms with Crippen molar-refractivity contribution in [3.05, 3.63) is 308 Å². The maximum absolute atomic E-state index is 11.0. The Balaban J connectivity index is 1.06. The molecule has 0 amide bonds. The summed E-state index contributed by atoms with van der Waals surface area (Å²) < 4.78 is 430. The van der Waals surface area contributed by atoms with Crippen LogP contribution in [0.15, 0.2) is 285 Å². The summed E-state index contributed by atoms with van der Waals surface area (Å²) in [4.78, 5) is 4.66. The Bertz CT molecular complexity index is 7030. The summed E-state index contributed by atoms with van der Waals surface area (Å²) in [5.74, 6) is 0.107. The van der Waals surface area contributed by atoms with E-state index in [9.17, 15) is 38.4 Å². The summed E-state index contributed by atoms with van der Waals surface area (Å²) in [6.45, 7) is -20.9. The third kappa shape index (κ3) is 9.22. The normalized spacial score (nSPS) is 23.0. The molecule has 0 saturated heterocycles. The van der Waals surface area contributed by atoms with Crippen LogP contribution in [0.5, 0.6) is 11.5 Å². The zero-order valence-corrected chi connectivity index (χ0v) is 45.8. The van der Waals surface area contributed by atoms with Crippen LogP contribution in [0, 0.1) is 13.2 Å². The average molecular weight is 1180 g/mol. The van der Waals surface area contributed by atoms with Gasteiger partial charge in [-0.05, 0) is 138 Å². The molecule has 1 aliphatic carbocycles. The van der Waals surface area contributed by atoms with Crippen molar-refractivity contribution in [2.24, 2.45) is 0 Å². The first-order chi connectivity index (χ1) is 61.1. The summed E-state index contributed by atoms with van der Waals surface area (Å²) in [7, 11) is -6.72. The minimum Gasteiger partial charge on any atom is -0.458 e. The number of aryl methyl sites for hydroxylation is 1. The first-order valence-corrected chi connectivity index (χ1v) is 28.6. The minimum atomic E-state index is -6.72. The van der Waals surface area contributed by atoms with Crippen LogP contribution < -0.4 is 30.1 Å². The Morgan fingerprint density at radius 2 is 1.13 bits per heavy atom.